The second-order valence-corrected chi connectivity index (χ2v) is 9.27. The van der Waals surface area contributed by atoms with Crippen LogP contribution in [0.3, 0.4) is 0 Å². The van der Waals surface area contributed by atoms with E-state index in [9.17, 15) is 14.7 Å². The molecule has 2 heterocycles. The van der Waals surface area contributed by atoms with Crippen molar-refractivity contribution < 1.29 is 19.4 Å². The van der Waals surface area contributed by atoms with Gasteiger partial charge in [0.05, 0.1) is 36.2 Å². The van der Waals surface area contributed by atoms with Crippen LogP contribution >= 0.6 is 0 Å². The average molecular weight is 497 g/mol. The number of hydrogen-bond donors (Lipinski definition) is 2. The topological polar surface area (TPSA) is 98.2 Å². The largest absolute Gasteiger partial charge is 0.494 e. The molecule has 0 aliphatic carbocycles. The standard InChI is InChI=1S/C29H28N4O4/c1-32(2)17-25(34)33-14-13-18-9-11-21(16-24(18)33)30-27(19-7-5-4-6-8-19)26-22-12-10-20(29(36)37-3)15-23(22)31-28(26)35/h4-12,15-16,31,35H,13-14,17H2,1-3H3. The molecule has 37 heavy (non-hydrogen) atoms. The van der Waals surface area contributed by atoms with Gasteiger partial charge in [-0.1, -0.05) is 42.5 Å². The molecule has 188 valence electrons. The maximum atomic E-state index is 12.8. The number of nitrogens with one attached hydrogen (secondary N) is 1. The normalized spacial score (nSPS) is 13.3. The van der Waals surface area contributed by atoms with Crippen LogP contribution in [0.1, 0.15) is 27.0 Å². The Bertz CT molecular complexity index is 1520. The van der Waals surface area contributed by atoms with Crippen LogP contribution in [-0.2, 0) is 16.0 Å². The summed E-state index contributed by atoms with van der Waals surface area (Å²) in [5.41, 5.74) is 5.52. The predicted molar refractivity (Wildman–Crippen MR) is 144 cm³/mol. The van der Waals surface area contributed by atoms with E-state index >= 15 is 0 Å². The summed E-state index contributed by atoms with van der Waals surface area (Å²) in [6, 6.07) is 20.6. The van der Waals surface area contributed by atoms with Gasteiger partial charge in [-0.3, -0.25) is 4.79 Å². The number of methoxy groups -OCH3 is 1. The molecule has 0 bridgehead atoms. The summed E-state index contributed by atoms with van der Waals surface area (Å²) in [4.78, 5) is 36.5. The number of likely N-dealkylation sites (N-methyl/N-ethyl adjacent to an activating group) is 1. The van der Waals surface area contributed by atoms with E-state index < -0.39 is 5.97 Å². The fourth-order valence-corrected chi connectivity index (χ4v) is 4.71. The SMILES string of the molecule is COC(=O)c1ccc2c(C(=Nc3ccc4c(c3)N(C(=O)CN(C)C)CC4)c3ccccc3)c(O)[nH]c2c1. The second-order valence-electron chi connectivity index (χ2n) is 9.27. The fraction of sp³-hybridized carbons (Fsp3) is 0.207. The number of amides is 1. The van der Waals surface area contributed by atoms with Gasteiger partial charge in [0.15, 0.2) is 5.88 Å². The van der Waals surface area contributed by atoms with Gasteiger partial charge in [0.1, 0.15) is 0 Å². The highest BCUT2D eigenvalue weighted by atomic mass is 16.5. The molecule has 0 spiro atoms. The molecule has 0 fully saturated rings. The molecule has 8 nitrogen and oxygen atoms in total. The lowest BCUT2D eigenvalue weighted by molar-refractivity contribution is -0.119. The number of carbonyl (C=O) groups excluding carboxylic acids is 2. The van der Waals surface area contributed by atoms with Gasteiger partial charge in [0.25, 0.3) is 0 Å². The van der Waals surface area contributed by atoms with Crippen LogP contribution in [0.5, 0.6) is 5.88 Å². The maximum Gasteiger partial charge on any atom is 0.337 e. The lowest BCUT2D eigenvalue weighted by Gasteiger charge is -2.20. The van der Waals surface area contributed by atoms with E-state index in [1.165, 1.54) is 7.11 Å². The monoisotopic (exact) mass is 496 g/mol. The second kappa shape index (κ2) is 9.91. The Labute approximate surface area is 214 Å². The van der Waals surface area contributed by atoms with Crippen LogP contribution in [0, 0.1) is 0 Å². The zero-order valence-electron chi connectivity index (χ0n) is 21.0. The first-order valence-electron chi connectivity index (χ1n) is 12.0. The number of fused-ring (bicyclic) bond motifs is 2. The third kappa shape index (κ3) is 4.71. The smallest absolute Gasteiger partial charge is 0.337 e. The highest BCUT2D eigenvalue weighted by Crippen LogP contribution is 2.35. The molecule has 0 unspecified atom stereocenters. The number of esters is 1. The minimum atomic E-state index is -0.457. The number of aliphatic imine (C=N–C) groups is 1. The van der Waals surface area contributed by atoms with Crippen molar-refractivity contribution in [1.82, 2.24) is 9.88 Å². The average Bonchev–Trinajstić information content (AvgIpc) is 3.46. The molecule has 4 aromatic rings. The molecule has 0 atom stereocenters. The Balaban J connectivity index is 1.63. The number of aromatic hydroxyl groups is 1. The highest BCUT2D eigenvalue weighted by Gasteiger charge is 2.26. The quantitative estimate of drug-likeness (QED) is 0.307. The number of H-pyrrole nitrogens is 1. The molecule has 3 aromatic carbocycles. The molecule has 1 amide bonds. The molecular formula is C29H28N4O4. The molecule has 0 saturated heterocycles. The molecule has 2 N–H and O–H groups in total. The summed E-state index contributed by atoms with van der Waals surface area (Å²) < 4.78 is 4.83. The lowest BCUT2D eigenvalue weighted by Crippen LogP contribution is -2.36. The zero-order chi connectivity index (χ0) is 26.1. The van der Waals surface area contributed by atoms with Gasteiger partial charge in [-0.2, -0.15) is 0 Å². The number of anilines is 1. The first-order valence-corrected chi connectivity index (χ1v) is 12.0. The van der Waals surface area contributed by atoms with Gasteiger partial charge >= 0.3 is 5.97 Å². The number of hydrogen-bond acceptors (Lipinski definition) is 6. The summed E-state index contributed by atoms with van der Waals surface area (Å²) in [5.74, 6) is -0.464. The van der Waals surface area contributed by atoms with E-state index in [2.05, 4.69) is 4.98 Å². The molecule has 0 saturated carbocycles. The zero-order valence-corrected chi connectivity index (χ0v) is 21.0. The van der Waals surface area contributed by atoms with E-state index in [1.807, 2.05) is 72.4 Å². The van der Waals surface area contributed by atoms with Crippen LogP contribution in [-0.4, -0.2) is 66.9 Å². The van der Waals surface area contributed by atoms with Crippen molar-refractivity contribution >= 4 is 39.9 Å². The minimum absolute atomic E-state index is 0.0452. The first-order chi connectivity index (χ1) is 17.9. The Morgan fingerprint density at radius 1 is 1.05 bits per heavy atom. The van der Waals surface area contributed by atoms with Gasteiger partial charge in [-0.25, -0.2) is 9.79 Å². The minimum Gasteiger partial charge on any atom is -0.494 e. The summed E-state index contributed by atoms with van der Waals surface area (Å²) in [7, 11) is 5.09. The van der Waals surface area contributed by atoms with E-state index in [0.29, 0.717) is 41.1 Å². The van der Waals surface area contributed by atoms with E-state index in [-0.39, 0.29) is 11.8 Å². The molecular weight excluding hydrogens is 468 g/mol. The lowest BCUT2D eigenvalue weighted by atomic mass is 10.00. The Kier molecular flexibility index (Phi) is 6.50. The van der Waals surface area contributed by atoms with Gasteiger partial charge in [-0.05, 0) is 50.3 Å². The van der Waals surface area contributed by atoms with Crippen LogP contribution in [0.15, 0.2) is 71.7 Å². The maximum absolute atomic E-state index is 12.8. The Hall–Kier alpha value is -4.43. The van der Waals surface area contributed by atoms with Gasteiger partial charge in [-0.15, -0.1) is 0 Å². The number of aromatic nitrogens is 1. The summed E-state index contributed by atoms with van der Waals surface area (Å²) in [6.45, 7) is 0.978. The van der Waals surface area contributed by atoms with Crippen molar-refractivity contribution in [2.75, 3.05) is 39.2 Å². The Morgan fingerprint density at radius 3 is 2.57 bits per heavy atom. The number of aromatic amines is 1. The number of rotatable bonds is 6. The summed E-state index contributed by atoms with van der Waals surface area (Å²) in [5, 5.41) is 11.7. The van der Waals surface area contributed by atoms with Crippen molar-refractivity contribution in [2.45, 2.75) is 6.42 Å². The third-order valence-corrected chi connectivity index (χ3v) is 6.44. The van der Waals surface area contributed by atoms with Gasteiger partial charge in [0.2, 0.25) is 5.91 Å². The number of ether oxygens (including phenoxy) is 1. The molecule has 5 rings (SSSR count). The van der Waals surface area contributed by atoms with E-state index in [1.54, 1.807) is 18.2 Å². The number of benzene rings is 3. The summed E-state index contributed by atoms with van der Waals surface area (Å²) in [6.07, 6.45) is 0.801. The van der Waals surface area contributed by atoms with E-state index in [4.69, 9.17) is 9.73 Å². The van der Waals surface area contributed by atoms with Crippen molar-refractivity contribution in [2.24, 2.45) is 4.99 Å². The number of carbonyl (C=O) groups is 2. The van der Waals surface area contributed by atoms with Crippen molar-refractivity contribution in [1.29, 1.82) is 0 Å². The van der Waals surface area contributed by atoms with Crippen molar-refractivity contribution in [3.63, 3.8) is 0 Å². The fourth-order valence-electron chi connectivity index (χ4n) is 4.71. The number of nitrogens with zero attached hydrogens (tertiary/aromatic N) is 3. The molecule has 1 aliphatic heterocycles. The highest BCUT2D eigenvalue weighted by molar-refractivity contribution is 6.22. The van der Waals surface area contributed by atoms with Crippen LogP contribution in [0.2, 0.25) is 0 Å². The predicted octanol–water partition coefficient (Wildman–Crippen LogP) is 4.28. The first kappa shape index (κ1) is 24.3. The van der Waals surface area contributed by atoms with Crippen LogP contribution in [0.25, 0.3) is 10.9 Å². The molecule has 0 radical (unpaired) electrons. The molecule has 8 heteroatoms. The Morgan fingerprint density at radius 2 is 1.84 bits per heavy atom. The summed E-state index contributed by atoms with van der Waals surface area (Å²) >= 11 is 0. The molecule has 1 aromatic heterocycles. The van der Waals surface area contributed by atoms with Gasteiger partial charge < -0.3 is 24.6 Å². The van der Waals surface area contributed by atoms with Crippen LogP contribution in [0.4, 0.5) is 11.4 Å². The van der Waals surface area contributed by atoms with E-state index in [0.717, 1.165) is 28.6 Å². The third-order valence-electron chi connectivity index (χ3n) is 6.44. The molecule has 1 aliphatic rings. The van der Waals surface area contributed by atoms with Crippen LogP contribution < -0.4 is 4.90 Å². The van der Waals surface area contributed by atoms with Crippen molar-refractivity contribution in [3.05, 3.63) is 89.0 Å². The van der Waals surface area contributed by atoms with Crippen molar-refractivity contribution in [3.8, 4) is 5.88 Å². The van der Waals surface area contributed by atoms with Gasteiger partial charge in [0, 0.05) is 28.7 Å².